The molecule has 5 unspecified atom stereocenters. The normalized spacial score (nSPS) is 14.7. The number of aliphatic hydroxyl groups is 1. The van der Waals surface area contributed by atoms with Gasteiger partial charge in [0.2, 0.25) is 5.91 Å². The Bertz CT molecular complexity index is 2190. The van der Waals surface area contributed by atoms with Gasteiger partial charge in [0.15, 0.2) is 0 Å². The Morgan fingerprint density at radius 2 is 1.33 bits per heavy atom. The molecule has 1 aromatic rings. The first-order valence-corrected chi connectivity index (χ1v) is 27.1. The third kappa shape index (κ3) is 26.8. The summed E-state index contributed by atoms with van der Waals surface area (Å²) >= 11 is 0. The molecule has 0 bridgehead atoms. The summed E-state index contributed by atoms with van der Waals surface area (Å²) in [6, 6.07) is 4.73. The number of methoxy groups -OCH3 is 1. The fourth-order valence-corrected chi connectivity index (χ4v) is 9.32. The number of aryl methyl sites for hydroxylation is 1. The van der Waals surface area contributed by atoms with Crippen LogP contribution >= 0.6 is 0 Å². The monoisotopic (exact) mass is 1110 g/mol. The second-order valence-corrected chi connectivity index (χ2v) is 22.2. The predicted octanol–water partition coefficient (Wildman–Crippen LogP) is 4.59. The molecule has 1 aromatic carbocycles. The molecule has 3 amide bonds. The van der Waals surface area contributed by atoms with Gasteiger partial charge in [-0.25, -0.2) is 18.0 Å². The van der Waals surface area contributed by atoms with E-state index in [1.54, 1.807) is 32.9 Å². The number of nitrogens with zero attached hydrogens (tertiary/aromatic N) is 1. The molecule has 1 rings (SSSR count). The van der Waals surface area contributed by atoms with Crippen LogP contribution in [0.4, 0.5) is 21.0 Å². The van der Waals surface area contributed by atoms with E-state index in [-0.39, 0.29) is 87.6 Å². The number of nitrogens with one attached hydrogen (secondary N) is 3. The predicted molar refractivity (Wildman–Crippen MR) is 278 cm³/mol. The number of anilines is 2. The summed E-state index contributed by atoms with van der Waals surface area (Å²) in [6.07, 6.45) is 0.995. The minimum Gasteiger partial charge on any atom is -0.748 e. The third-order valence-electron chi connectivity index (χ3n) is 12.6. The summed E-state index contributed by atoms with van der Waals surface area (Å²) in [4.78, 5) is 101. The van der Waals surface area contributed by atoms with E-state index in [4.69, 9.17) is 33.3 Å². The smallest absolute Gasteiger partial charge is 0.748 e. The largest absolute Gasteiger partial charge is 1.00 e. The van der Waals surface area contributed by atoms with Gasteiger partial charge in [0.1, 0.15) is 26.4 Å². The zero-order valence-electron chi connectivity index (χ0n) is 47.4. The van der Waals surface area contributed by atoms with Gasteiger partial charge in [0, 0.05) is 29.9 Å². The molecular weight excluding hydrogens is 1020 g/mol. The Kier molecular flexibility index (Phi) is 32.5. The Balaban J connectivity index is 0.0000562. The number of aliphatic hydroxyl groups excluding tert-OH is 1. The van der Waals surface area contributed by atoms with Gasteiger partial charge in [-0.2, -0.15) is 0 Å². The number of benzene rings is 1. The van der Waals surface area contributed by atoms with Gasteiger partial charge in [-0.1, -0.05) is 58.2 Å². The van der Waals surface area contributed by atoms with Gasteiger partial charge in [-0.3, -0.25) is 39.4 Å². The van der Waals surface area contributed by atoms with E-state index in [0.29, 0.717) is 35.5 Å². The van der Waals surface area contributed by atoms with Crippen LogP contribution in [0.2, 0.25) is 0 Å². The minimum atomic E-state index is -4.77. The maximum Gasteiger partial charge on any atom is 1.00 e. The van der Waals surface area contributed by atoms with E-state index in [1.165, 1.54) is 54.7 Å². The maximum absolute atomic E-state index is 14.5. The van der Waals surface area contributed by atoms with Crippen molar-refractivity contribution in [3.63, 3.8) is 0 Å². The molecule has 0 radical (unpaired) electrons. The van der Waals surface area contributed by atoms with E-state index >= 15 is 0 Å². The van der Waals surface area contributed by atoms with Crippen molar-refractivity contribution in [2.45, 2.75) is 153 Å². The van der Waals surface area contributed by atoms with Crippen molar-refractivity contribution >= 4 is 69.2 Å². The van der Waals surface area contributed by atoms with Crippen molar-refractivity contribution < 1.29 is 114 Å². The number of oxime groups is 1. The first-order valence-electron chi connectivity index (χ1n) is 25.5. The van der Waals surface area contributed by atoms with Gasteiger partial charge >= 0.3 is 65.6 Å². The molecule has 428 valence electrons. The Morgan fingerprint density at radius 1 is 0.750 bits per heavy atom. The van der Waals surface area contributed by atoms with Crippen molar-refractivity contribution in [2.24, 2.45) is 39.2 Å². The van der Waals surface area contributed by atoms with Gasteiger partial charge in [0.25, 0.3) is 0 Å². The molecule has 0 saturated carbocycles. The van der Waals surface area contributed by atoms with Crippen molar-refractivity contribution in [3.8, 4) is 0 Å². The molecule has 0 aliphatic rings. The van der Waals surface area contributed by atoms with Crippen LogP contribution in [0.15, 0.2) is 23.4 Å². The van der Waals surface area contributed by atoms with Gasteiger partial charge in [0.05, 0.1) is 63.6 Å². The first-order chi connectivity index (χ1) is 34.9. The first kappa shape index (κ1) is 71.6. The summed E-state index contributed by atoms with van der Waals surface area (Å²) in [6.45, 7) is 17.8. The van der Waals surface area contributed by atoms with Crippen LogP contribution in [-0.2, 0) is 67.3 Å². The summed E-state index contributed by atoms with van der Waals surface area (Å²) < 4.78 is 68.1. The van der Waals surface area contributed by atoms with Crippen LogP contribution in [0.25, 0.3) is 0 Å². The molecule has 0 aromatic heterocycles. The number of carbonyl (C=O) groups is 7. The average molecular weight is 1110 g/mol. The van der Waals surface area contributed by atoms with Gasteiger partial charge in [-0.05, 0) is 124 Å². The number of carbonyl (C=O) groups excluding carboxylic acids is 7. The minimum absolute atomic E-state index is 0. The summed E-state index contributed by atoms with van der Waals surface area (Å²) in [5.74, 6) is -7.09. The van der Waals surface area contributed by atoms with E-state index in [9.17, 15) is 51.6 Å². The molecule has 76 heavy (non-hydrogen) atoms. The summed E-state index contributed by atoms with van der Waals surface area (Å²) in [5, 5.41) is 21.0. The van der Waals surface area contributed by atoms with Crippen molar-refractivity contribution in [1.82, 2.24) is 5.32 Å². The second-order valence-electron chi connectivity index (χ2n) is 20.8. The van der Waals surface area contributed by atoms with Crippen molar-refractivity contribution in [2.75, 3.05) is 69.7 Å². The van der Waals surface area contributed by atoms with Crippen LogP contribution in [-0.4, -0.2) is 130 Å². The molecular formula is C52H85N4NaO18S. The maximum atomic E-state index is 14.5. The summed E-state index contributed by atoms with van der Waals surface area (Å²) in [7, 11) is -3.37. The Labute approximate surface area is 471 Å². The SMILES string of the molecule is CCCCC(CC)COC(=O)C(CC(C)(C)C(=O)OCCOC(=O)Nc1cc(NC(=O)ON=C(C)CC)ccc1C)CC(C)(CC(C)(CC(CC)C(=O)NC(C)(C)CS(=O)(=O)[O-])C(=O)OCCO)C(=O)OCCOC.[Na+]. The van der Waals surface area contributed by atoms with E-state index in [2.05, 4.69) is 21.1 Å². The Morgan fingerprint density at radius 3 is 1.88 bits per heavy atom. The number of amides is 3. The van der Waals surface area contributed by atoms with E-state index in [1.807, 2.05) is 20.8 Å². The quantitative estimate of drug-likeness (QED) is 0.0106. The van der Waals surface area contributed by atoms with Crippen LogP contribution in [0, 0.1) is 40.9 Å². The van der Waals surface area contributed by atoms with Crippen LogP contribution in [0.3, 0.4) is 0 Å². The van der Waals surface area contributed by atoms with E-state index in [0.717, 1.165) is 19.3 Å². The number of hydrogen-bond donors (Lipinski definition) is 4. The van der Waals surface area contributed by atoms with Gasteiger partial charge in [-0.15, -0.1) is 0 Å². The molecule has 0 aliphatic carbocycles. The number of rotatable bonds is 35. The topological polar surface area (TPSA) is 310 Å². The van der Waals surface area contributed by atoms with Crippen LogP contribution < -0.4 is 45.5 Å². The van der Waals surface area contributed by atoms with E-state index < -0.39 is 118 Å². The van der Waals surface area contributed by atoms with Crippen LogP contribution in [0.1, 0.15) is 146 Å². The standard InChI is InChI=1S/C52H86N4O18S.Na/c1-14-18-19-37(16-3)32-73-43(59)39(29-49(7,8)44(60)70-26-27-72-47(63)54-41-28-40(21-20-35(41)5)53-48(64)74-56-36(6)15-2)31-52(12,46(62)71-25-24-68-13)33-51(11,45(61)69-23-22-57)30-38(17-4)42(58)55-50(9,10)34-75(65,66)67;/h20-21,28,37-39,57H,14-19,22-27,29-34H2,1-13H3,(H,53,64)(H,54,63)(H,55,58)(H,65,66,67);/q;+1/p-1. The zero-order valence-corrected chi connectivity index (χ0v) is 50.3. The molecule has 22 nitrogen and oxygen atoms in total. The third-order valence-corrected chi connectivity index (χ3v) is 13.7. The fourth-order valence-electron chi connectivity index (χ4n) is 8.37. The number of ether oxygens (including phenoxy) is 6. The van der Waals surface area contributed by atoms with Gasteiger partial charge < -0.3 is 43.4 Å². The fraction of sp³-hybridized carbons (Fsp3) is 0.731. The second kappa shape index (κ2) is 34.5. The molecule has 24 heteroatoms. The molecule has 0 fully saturated rings. The number of hydrogen-bond acceptors (Lipinski definition) is 19. The molecule has 0 aliphatic heterocycles. The zero-order chi connectivity index (χ0) is 57.2. The van der Waals surface area contributed by atoms with Crippen LogP contribution in [0.5, 0.6) is 0 Å². The molecule has 5 atom stereocenters. The Hall–Kier alpha value is -4.39. The molecule has 0 saturated heterocycles. The molecule has 4 N–H and O–H groups in total. The van der Waals surface area contributed by atoms with Crippen molar-refractivity contribution in [3.05, 3.63) is 23.8 Å². The van der Waals surface area contributed by atoms with Crippen molar-refractivity contribution in [1.29, 1.82) is 0 Å². The average Bonchev–Trinajstić information content (AvgIpc) is 3.32. The number of esters is 4. The summed E-state index contributed by atoms with van der Waals surface area (Å²) in [5.41, 5.74) is -4.59. The number of unbranched alkanes of at least 4 members (excludes halogenated alkanes) is 1. The molecule has 0 spiro atoms. The molecule has 0 heterocycles.